The fraction of sp³-hybridized carbons (Fsp3) is 0.214. The first-order chi connectivity index (χ1) is 11.0. The van der Waals surface area contributed by atoms with Gasteiger partial charge in [0.25, 0.3) is 5.91 Å². The van der Waals surface area contributed by atoms with Gasteiger partial charge in [-0.15, -0.1) is 5.10 Å². The minimum Gasteiger partial charge on any atom is -0.406 e. The van der Waals surface area contributed by atoms with Crippen LogP contribution in [0.15, 0.2) is 28.7 Å². The Morgan fingerprint density at radius 1 is 1.22 bits per heavy atom. The minimum atomic E-state index is -0.376. The molecule has 3 amide bonds. The molecule has 1 N–H and O–H groups in total. The van der Waals surface area contributed by atoms with Crippen LogP contribution in [0.4, 0.5) is 6.01 Å². The van der Waals surface area contributed by atoms with Crippen molar-refractivity contribution >= 4 is 46.3 Å². The summed E-state index contributed by atoms with van der Waals surface area (Å²) in [6, 6.07) is 6.98. The number of carbonyl (C=O) groups is 3. The summed E-state index contributed by atoms with van der Waals surface area (Å²) in [5, 5.41) is 9.94. The Morgan fingerprint density at radius 3 is 2.61 bits per heavy atom. The van der Waals surface area contributed by atoms with Crippen LogP contribution in [0.3, 0.4) is 0 Å². The molecule has 1 saturated heterocycles. The third-order valence-corrected chi connectivity index (χ3v) is 4.19. The number of amides is 3. The molecule has 0 spiro atoms. The van der Waals surface area contributed by atoms with Crippen molar-refractivity contribution in [2.24, 2.45) is 0 Å². The highest BCUT2D eigenvalue weighted by molar-refractivity contribution is 14.1. The molecule has 0 bridgehead atoms. The average Bonchev–Trinajstić information content (AvgIpc) is 3.09. The molecule has 23 heavy (non-hydrogen) atoms. The van der Waals surface area contributed by atoms with Gasteiger partial charge in [-0.3, -0.25) is 24.6 Å². The molecule has 118 valence electrons. The number of halogens is 1. The third-order valence-electron chi connectivity index (χ3n) is 3.25. The van der Waals surface area contributed by atoms with Crippen LogP contribution in [0.25, 0.3) is 0 Å². The summed E-state index contributed by atoms with van der Waals surface area (Å²) in [5.74, 6) is -0.819. The van der Waals surface area contributed by atoms with E-state index in [-0.39, 0.29) is 49.0 Å². The van der Waals surface area contributed by atoms with E-state index in [0.29, 0.717) is 5.56 Å². The maximum absolute atomic E-state index is 12.1. The van der Waals surface area contributed by atoms with Gasteiger partial charge in [-0.1, -0.05) is 17.2 Å². The van der Waals surface area contributed by atoms with E-state index in [9.17, 15) is 14.4 Å². The van der Waals surface area contributed by atoms with Gasteiger partial charge >= 0.3 is 6.01 Å². The standard InChI is InChI=1S/C14H11IN4O4/c15-9-4-2-1-3-8(9)13(22)16-14-18-17-10(23-14)7-19-11(20)5-6-12(19)21/h1-4H,5-7H2,(H,16,18,22). The van der Waals surface area contributed by atoms with Crippen LogP contribution < -0.4 is 5.32 Å². The monoisotopic (exact) mass is 426 g/mol. The second-order valence-corrected chi connectivity index (χ2v) is 5.97. The lowest BCUT2D eigenvalue weighted by molar-refractivity contribution is -0.139. The minimum absolute atomic E-state index is 0.0799. The van der Waals surface area contributed by atoms with Crippen molar-refractivity contribution in [1.82, 2.24) is 15.1 Å². The molecule has 9 heteroatoms. The summed E-state index contributed by atoms with van der Waals surface area (Å²) >= 11 is 2.05. The number of carbonyl (C=O) groups excluding carboxylic acids is 3. The molecular weight excluding hydrogens is 415 g/mol. The Kier molecular flexibility index (Phi) is 4.37. The van der Waals surface area contributed by atoms with E-state index >= 15 is 0 Å². The van der Waals surface area contributed by atoms with Crippen LogP contribution in [0.5, 0.6) is 0 Å². The number of hydrogen-bond donors (Lipinski definition) is 1. The average molecular weight is 426 g/mol. The van der Waals surface area contributed by atoms with Crippen molar-refractivity contribution in [1.29, 1.82) is 0 Å². The number of likely N-dealkylation sites (tertiary alicyclic amines) is 1. The Bertz CT molecular complexity index is 773. The van der Waals surface area contributed by atoms with Gasteiger partial charge in [0.1, 0.15) is 6.54 Å². The fourth-order valence-electron chi connectivity index (χ4n) is 2.11. The molecule has 0 saturated carbocycles. The molecule has 0 unspecified atom stereocenters. The second-order valence-electron chi connectivity index (χ2n) is 4.81. The third kappa shape index (κ3) is 3.38. The molecule has 0 atom stereocenters. The van der Waals surface area contributed by atoms with Crippen molar-refractivity contribution in [3.05, 3.63) is 39.3 Å². The van der Waals surface area contributed by atoms with Crippen LogP contribution >= 0.6 is 22.6 Å². The first-order valence-electron chi connectivity index (χ1n) is 6.76. The lowest BCUT2D eigenvalue weighted by Gasteiger charge is -2.09. The van der Waals surface area contributed by atoms with Gasteiger partial charge in [0.15, 0.2) is 0 Å². The van der Waals surface area contributed by atoms with Crippen molar-refractivity contribution in [3.8, 4) is 0 Å². The molecular formula is C14H11IN4O4. The van der Waals surface area contributed by atoms with E-state index in [1.807, 2.05) is 6.07 Å². The van der Waals surface area contributed by atoms with Crippen LogP contribution in [-0.2, 0) is 16.1 Å². The summed E-state index contributed by atoms with van der Waals surface area (Å²) in [6.45, 7) is -0.0800. The summed E-state index contributed by atoms with van der Waals surface area (Å²) < 4.78 is 6.06. The smallest absolute Gasteiger partial charge is 0.322 e. The van der Waals surface area contributed by atoms with Gasteiger partial charge < -0.3 is 4.42 Å². The van der Waals surface area contributed by atoms with Crippen molar-refractivity contribution in [3.63, 3.8) is 0 Å². The largest absolute Gasteiger partial charge is 0.406 e. The number of imide groups is 1. The van der Waals surface area contributed by atoms with Gasteiger partial charge in [0, 0.05) is 16.4 Å². The zero-order valence-electron chi connectivity index (χ0n) is 11.8. The summed E-state index contributed by atoms with van der Waals surface area (Å²) in [6.07, 6.45) is 0.395. The molecule has 2 heterocycles. The van der Waals surface area contributed by atoms with Crippen molar-refractivity contribution in [2.75, 3.05) is 5.32 Å². The van der Waals surface area contributed by atoms with E-state index in [0.717, 1.165) is 8.47 Å². The molecule has 1 aromatic carbocycles. The number of benzene rings is 1. The summed E-state index contributed by atoms with van der Waals surface area (Å²) in [7, 11) is 0. The lowest BCUT2D eigenvalue weighted by atomic mass is 10.2. The molecule has 1 fully saturated rings. The normalized spacial score (nSPS) is 14.4. The summed E-state index contributed by atoms with van der Waals surface area (Å²) in [4.78, 5) is 36.3. The van der Waals surface area contributed by atoms with Crippen molar-refractivity contribution in [2.45, 2.75) is 19.4 Å². The Balaban J connectivity index is 1.68. The maximum atomic E-state index is 12.1. The molecule has 1 aliphatic rings. The van der Waals surface area contributed by atoms with E-state index < -0.39 is 0 Å². The lowest BCUT2D eigenvalue weighted by Crippen LogP contribution is -2.28. The summed E-state index contributed by atoms with van der Waals surface area (Å²) in [5.41, 5.74) is 0.484. The van der Waals surface area contributed by atoms with E-state index in [1.54, 1.807) is 18.2 Å². The fourth-order valence-corrected chi connectivity index (χ4v) is 2.74. The number of hydrogen-bond acceptors (Lipinski definition) is 6. The van der Waals surface area contributed by atoms with Crippen LogP contribution in [0, 0.1) is 3.57 Å². The molecule has 3 rings (SSSR count). The van der Waals surface area contributed by atoms with Crippen LogP contribution in [0.1, 0.15) is 29.1 Å². The Hall–Kier alpha value is -2.30. The van der Waals surface area contributed by atoms with Crippen LogP contribution in [0.2, 0.25) is 0 Å². The van der Waals surface area contributed by atoms with Crippen LogP contribution in [-0.4, -0.2) is 32.8 Å². The molecule has 8 nitrogen and oxygen atoms in total. The van der Waals surface area contributed by atoms with Gasteiger partial charge in [0.05, 0.1) is 5.56 Å². The SMILES string of the molecule is O=C(Nc1nnc(CN2C(=O)CCC2=O)o1)c1ccccc1I. The van der Waals surface area contributed by atoms with E-state index in [4.69, 9.17) is 4.42 Å². The molecule has 0 aliphatic carbocycles. The van der Waals surface area contributed by atoms with Gasteiger partial charge in [0.2, 0.25) is 17.7 Å². The number of nitrogens with one attached hydrogen (secondary N) is 1. The quantitative estimate of drug-likeness (QED) is 0.588. The molecule has 0 radical (unpaired) electrons. The van der Waals surface area contributed by atoms with Crippen molar-refractivity contribution < 1.29 is 18.8 Å². The number of rotatable bonds is 4. The van der Waals surface area contributed by atoms with E-state index in [2.05, 4.69) is 38.1 Å². The molecule has 2 aromatic rings. The second kappa shape index (κ2) is 6.44. The first kappa shape index (κ1) is 15.6. The molecule has 1 aromatic heterocycles. The Morgan fingerprint density at radius 2 is 1.91 bits per heavy atom. The maximum Gasteiger partial charge on any atom is 0.322 e. The Labute approximate surface area is 144 Å². The number of anilines is 1. The highest BCUT2D eigenvalue weighted by atomic mass is 127. The molecule has 1 aliphatic heterocycles. The van der Waals surface area contributed by atoms with Gasteiger partial charge in [-0.2, -0.15) is 0 Å². The predicted molar refractivity (Wildman–Crippen MR) is 86.2 cm³/mol. The predicted octanol–water partition coefficient (Wildman–Crippen LogP) is 1.58. The van der Waals surface area contributed by atoms with E-state index in [1.165, 1.54) is 0 Å². The first-order valence-corrected chi connectivity index (χ1v) is 7.84. The highest BCUT2D eigenvalue weighted by Gasteiger charge is 2.30. The number of aromatic nitrogens is 2. The van der Waals surface area contributed by atoms with Gasteiger partial charge in [-0.25, -0.2) is 0 Å². The number of nitrogens with zero attached hydrogens (tertiary/aromatic N) is 3. The van der Waals surface area contributed by atoms with Gasteiger partial charge in [-0.05, 0) is 34.7 Å². The zero-order valence-corrected chi connectivity index (χ0v) is 13.9. The highest BCUT2D eigenvalue weighted by Crippen LogP contribution is 2.17. The zero-order chi connectivity index (χ0) is 16.4. The topological polar surface area (TPSA) is 105 Å².